The molecule has 7 nitrogen and oxygen atoms in total. The van der Waals surface area contributed by atoms with Gasteiger partial charge in [-0.25, -0.2) is 15.2 Å². The molecule has 0 heterocycles. The molecule has 30 heavy (non-hydrogen) atoms. The number of nitrogens with one attached hydrogen (secondary N) is 2. The molecule has 0 atom stereocenters. The number of aromatic hydroxyl groups is 1. The number of hydrogen-bond donors (Lipinski definition) is 4. The number of hydrogen-bond acceptors (Lipinski definition) is 6. The fourth-order valence-corrected chi connectivity index (χ4v) is 2.28. The van der Waals surface area contributed by atoms with Crippen LogP contribution >= 0.6 is 0 Å². The predicted molar refractivity (Wildman–Crippen MR) is 122 cm³/mol. The molecule has 1 aromatic carbocycles. The molecule has 8 heteroatoms. The number of aliphatic imine (C=N–C) groups is 1. The minimum atomic E-state index is -0.410. The van der Waals surface area contributed by atoms with Crippen molar-refractivity contribution in [1.29, 1.82) is 0 Å². The summed E-state index contributed by atoms with van der Waals surface area (Å²) < 4.78 is 13.2. The van der Waals surface area contributed by atoms with Crippen molar-refractivity contribution in [2.45, 2.75) is 20.8 Å². The van der Waals surface area contributed by atoms with Crippen molar-refractivity contribution in [3.05, 3.63) is 66.1 Å². The number of amidine groups is 1. The molecular weight excluding hydrogens is 385 g/mol. The first-order valence-corrected chi connectivity index (χ1v) is 9.45. The first kappa shape index (κ1) is 24.6. The summed E-state index contributed by atoms with van der Waals surface area (Å²) in [7, 11) is 1.73. The maximum Gasteiger partial charge on any atom is 0.266 e. The van der Waals surface area contributed by atoms with Gasteiger partial charge in [0.05, 0.1) is 12.2 Å². The number of carbonyl (C=O) groups excluding carboxylic acids is 1. The monoisotopic (exact) mass is 415 g/mol. The summed E-state index contributed by atoms with van der Waals surface area (Å²) in [5.74, 6) is 5.52. The third kappa shape index (κ3) is 8.74. The smallest absolute Gasteiger partial charge is 0.266 e. The van der Waals surface area contributed by atoms with E-state index in [4.69, 9.17) is 5.84 Å². The quantitative estimate of drug-likeness (QED) is 0.0716. The van der Waals surface area contributed by atoms with Crippen LogP contribution in [0.4, 0.5) is 15.8 Å². The van der Waals surface area contributed by atoms with E-state index in [1.807, 2.05) is 6.07 Å². The lowest BCUT2D eigenvalue weighted by Gasteiger charge is -2.15. The summed E-state index contributed by atoms with van der Waals surface area (Å²) in [6, 6.07) is 5.17. The normalized spacial score (nSPS) is 13.2. The van der Waals surface area contributed by atoms with E-state index in [2.05, 4.69) is 15.6 Å². The van der Waals surface area contributed by atoms with Crippen molar-refractivity contribution in [3.8, 4) is 5.75 Å². The average molecular weight is 416 g/mol. The van der Waals surface area contributed by atoms with Gasteiger partial charge in [-0.2, -0.15) is 0 Å². The van der Waals surface area contributed by atoms with Crippen LogP contribution in [-0.2, 0) is 4.79 Å². The molecule has 0 aliphatic carbocycles. The summed E-state index contributed by atoms with van der Waals surface area (Å²) in [6.45, 7) is 5.82. The van der Waals surface area contributed by atoms with Gasteiger partial charge in [0, 0.05) is 31.4 Å². The number of allylic oxidation sites excluding steroid dienone is 5. The number of benzene rings is 1. The van der Waals surface area contributed by atoms with Crippen LogP contribution in [0.5, 0.6) is 5.75 Å². The molecule has 1 aromatic rings. The standard InChI is InChI=1S/C22H30FN5O2/c1-5-8-18(23)9-6-7-12-26-17(3)28(24)22(30)13-16(2)15-27-19-10-11-20(25-4)21(29)14-19/h5-11,13-14,25,27,29H,12,15,24H2,1-4H3/b7-6+,8-5-,16-13+,18-9+,26-17?. The highest BCUT2D eigenvalue weighted by Gasteiger charge is 2.10. The molecule has 0 saturated carbocycles. The van der Waals surface area contributed by atoms with Gasteiger partial charge in [-0.3, -0.25) is 9.79 Å². The molecule has 162 valence electrons. The van der Waals surface area contributed by atoms with Crippen LogP contribution in [0.15, 0.2) is 71.0 Å². The number of phenolic OH excluding ortho intramolecular Hbond substituents is 1. The Morgan fingerprint density at radius 2 is 2.10 bits per heavy atom. The molecule has 0 aliphatic heterocycles. The fraction of sp³-hybridized carbons (Fsp3) is 0.273. The topological polar surface area (TPSA) is 103 Å². The highest BCUT2D eigenvalue weighted by molar-refractivity contribution is 6.01. The Bertz CT molecular complexity index is 872. The lowest BCUT2D eigenvalue weighted by atomic mass is 10.2. The molecular formula is C22H30FN5O2. The van der Waals surface area contributed by atoms with Crippen LogP contribution < -0.4 is 16.5 Å². The first-order chi connectivity index (χ1) is 14.3. The van der Waals surface area contributed by atoms with E-state index in [0.29, 0.717) is 18.1 Å². The van der Waals surface area contributed by atoms with Crippen LogP contribution in [0, 0.1) is 0 Å². The van der Waals surface area contributed by atoms with Gasteiger partial charge in [-0.15, -0.1) is 0 Å². The second kappa shape index (κ2) is 12.9. The number of nitrogens with two attached hydrogens (primary N) is 1. The Balaban J connectivity index is 2.59. The van der Waals surface area contributed by atoms with Gasteiger partial charge >= 0.3 is 0 Å². The first-order valence-electron chi connectivity index (χ1n) is 9.45. The van der Waals surface area contributed by atoms with Crippen LogP contribution in [-0.4, -0.2) is 42.0 Å². The molecule has 0 unspecified atom stereocenters. The second-order valence-corrected chi connectivity index (χ2v) is 6.40. The minimum absolute atomic E-state index is 0.134. The summed E-state index contributed by atoms with van der Waals surface area (Å²) in [6.07, 6.45) is 8.90. The van der Waals surface area contributed by atoms with Crippen LogP contribution in [0.25, 0.3) is 0 Å². The summed E-state index contributed by atoms with van der Waals surface area (Å²) in [5.41, 5.74) is 2.11. The van der Waals surface area contributed by atoms with E-state index >= 15 is 0 Å². The molecule has 0 aromatic heterocycles. The SMILES string of the molecule is C\C=C/C(F)=C\C=C\CN=C(C)N(N)C(=O)/C=C(\C)CNc1ccc(NC)c(O)c1. The van der Waals surface area contributed by atoms with Crippen molar-refractivity contribution >= 4 is 23.1 Å². The van der Waals surface area contributed by atoms with Crippen LogP contribution in [0.1, 0.15) is 20.8 Å². The van der Waals surface area contributed by atoms with E-state index in [9.17, 15) is 14.3 Å². The van der Waals surface area contributed by atoms with Crippen molar-refractivity contribution in [1.82, 2.24) is 5.01 Å². The fourth-order valence-electron chi connectivity index (χ4n) is 2.28. The zero-order valence-corrected chi connectivity index (χ0v) is 17.8. The van der Waals surface area contributed by atoms with Gasteiger partial charge < -0.3 is 15.7 Å². The van der Waals surface area contributed by atoms with Gasteiger partial charge in [0.1, 0.15) is 17.4 Å². The van der Waals surface area contributed by atoms with E-state index in [1.54, 1.807) is 58.2 Å². The van der Waals surface area contributed by atoms with Crippen molar-refractivity contribution in [3.63, 3.8) is 0 Å². The maximum absolute atomic E-state index is 13.2. The number of nitrogens with zero attached hydrogens (tertiary/aromatic N) is 2. The molecule has 0 saturated heterocycles. The number of carbonyl (C=O) groups is 1. The summed E-state index contributed by atoms with van der Waals surface area (Å²) in [5, 5.41) is 16.8. The largest absolute Gasteiger partial charge is 0.506 e. The third-order valence-corrected chi connectivity index (χ3v) is 3.94. The van der Waals surface area contributed by atoms with Gasteiger partial charge in [0.2, 0.25) is 0 Å². The molecule has 1 amide bonds. The molecule has 0 fully saturated rings. The Morgan fingerprint density at radius 1 is 1.37 bits per heavy atom. The third-order valence-electron chi connectivity index (χ3n) is 3.94. The van der Waals surface area contributed by atoms with E-state index in [1.165, 1.54) is 18.2 Å². The number of phenols is 1. The lowest BCUT2D eigenvalue weighted by molar-refractivity contribution is -0.122. The zero-order valence-electron chi connectivity index (χ0n) is 17.8. The number of halogens is 1. The predicted octanol–water partition coefficient (Wildman–Crippen LogP) is 3.90. The molecule has 5 N–H and O–H groups in total. The summed E-state index contributed by atoms with van der Waals surface area (Å²) >= 11 is 0. The van der Waals surface area contributed by atoms with Crippen LogP contribution in [0.3, 0.4) is 0 Å². The zero-order chi connectivity index (χ0) is 22.5. The van der Waals surface area contributed by atoms with Crippen molar-refractivity contribution in [2.75, 3.05) is 30.8 Å². The van der Waals surface area contributed by atoms with E-state index in [-0.39, 0.29) is 18.1 Å². The molecule has 1 rings (SSSR count). The number of amides is 1. The highest BCUT2D eigenvalue weighted by Crippen LogP contribution is 2.26. The minimum Gasteiger partial charge on any atom is -0.506 e. The molecule has 0 aliphatic rings. The van der Waals surface area contributed by atoms with Crippen molar-refractivity contribution in [2.24, 2.45) is 10.8 Å². The Morgan fingerprint density at radius 3 is 2.73 bits per heavy atom. The maximum atomic E-state index is 13.2. The molecule has 0 radical (unpaired) electrons. The summed E-state index contributed by atoms with van der Waals surface area (Å²) in [4.78, 5) is 16.5. The van der Waals surface area contributed by atoms with Crippen LogP contribution in [0.2, 0.25) is 0 Å². The second-order valence-electron chi connectivity index (χ2n) is 6.40. The number of rotatable bonds is 9. The van der Waals surface area contributed by atoms with Gasteiger partial charge in [-0.1, -0.05) is 18.2 Å². The van der Waals surface area contributed by atoms with Crippen molar-refractivity contribution < 1.29 is 14.3 Å². The number of anilines is 2. The van der Waals surface area contributed by atoms with E-state index in [0.717, 1.165) is 16.3 Å². The molecule has 0 bridgehead atoms. The van der Waals surface area contributed by atoms with Gasteiger partial charge in [-0.05, 0) is 50.6 Å². The van der Waals surface area contributed by atoms with E-state index < -0.39 is 5.91 Å². The van der Waals surface area contributed by atoms with Gasteiger partial charge in [0.25, 0.3) is 5.91 Å². The van der Waals surface area contributed by atoms with Gasteiger partial charge in [0.15, 0.2) is 0 Å². The number of hydrazine groups is 1. The highest BCUT2D eigenvalue weighted by atomic mass is 19.1. The average Bonchev–Trinajstić information content (AvgIpc) is 2.71. The Labute approximate surface area is 177 Å². The molecule has 0 spiro atoms. The Hall–Kier alpha value is -3.39. The Kier molecular flexibility index (Phi) is 10.6. The lowest BCUT2D eigenvalue weighted by Crippen LogP contribution is -2.40.